The second-order valence-electron chi connectivity index (χ2n) is 8.00. The van der Waals surface area contributed by atoms with E-state index in [1.807, 2.05) is 6.92 Å². The fourth-order valence-electron chi connectivity index (χ4n) is 4.05. The largest absolute Gasteiger partial charge is 0.419 e. The van der Waals surface area contributed by atoms with Crippen molar-refractivity contribution in [3.63, 3.8) is 0 Å². The van der Waals surface area contributed by atoms with Gasteiger partial charge in [0, 0.05) is 29.1 Å². The topological polar surface area (TPSA) is 117 Å². The molecule has 1 atom stereocenters. The van der Waals surface area contributed by atoms with Gasteiger partial charge < -0.3 is 4.42 Å². The number of hydrogen-bond acceptors (Lipinski definition) is 9. The van der Waals surface area contributed by atoms with E-state index in [9.17, 15) is 14.9 Å². The third-order valence-corrected chi connectivity index (χ3v) is 8.01. The normalized spacial score (nSPS) is 14.1. The number of benzene rings is 1. The van der Waals surface area contributed by atoms with Crippen molar-refractivity contribution in [2.45, 2.75) is 49.6 Å². The van der Waals surface area contributed by atoms with E-state index in [2.05, 4.69) is 16.8 Å². The highest BCUT2D eigenvalue weighted by Gasteiger charge is 2.24. The number of fused-ring (bicyclic) bond motifs is 3. The van der Waals surface area contributed by atoms with E-state index in [0.717, 1.165) is 41.5 Å². The fraction of sp³-hybridized carbons (Fsp3) is 0.304. The van der Waals surface area contributed by atoms with E-state index in [4.69, 9.17) is 9.40 Å². The van der Waals surface area contributed by atoms with Crippen molar-refractivity contribution in [3.8, 4) is 11.5 Å². The van der Waals surface area contributed by atoms with E-state index in [0.29, 0.717) is 23.2 Å². The monoisotopic (exact) mass is 495 g/mol. The number of aromatic nitrogens is 4. The van der Waals surface area contributed by atoms with Crippen molar-refractivity contribution in [2.24, 2.45) is 0 Å². The summed E-state index contributed by atoms with van der Waals surface area (Å²) in [5, 5.41) is 20.2. The van der Waals surface area contributed by atoms with Gasteiger partial charge in [-0.25, -0.2) is 4.98 Å². The summed E-state index contributed by atoms with van der Waals surface area (Å²) in [4.78, 5) is 30.7. The van der Waals surface area contributed by atoms with Gasteiger partial charge in [0.25, 0.3) is 11.2 Å². The number of thiophene rings is 1. The molecule has 5 rings (SSSR count). The molecule has 0 radical (unpaired) electrons. The number of thioether (sulfide) groups is 1. The summed E-state index contributed by atoms with van der Waals surface area (Å²) in [6.45, 7) is 6.08. The fourth-order valence-corrected chi connectivity index (χ4v) is 6.30. The van der Waals surface area contributed by atoms with Gasteiger partial charge >= 0.3 is 0 Å². The van der Waals surface area contributed by atoms with Crippen LogP contribution in [0.15, 0.2) is 51.3 Å². The highest BCUT2D eigenvalue weighted by Crippen LogP contribution is 2.38. The molecule has 4 aromatic rings. The zero-order valence-corrected chi connectivity index (χ0v) is 20.0. The Morgan fingerprint density at radius 1 is 1.29 bits per heavy atom. The van der Waals surface area contributed by atoms with Crippen LogP contribution in [0.1, 0.15) is 41.3 Å². The van der Waals surface area contributed by atoms with Crippen LogP contribution in [-0.2, 0) is 19.4 Å². The average molecular weight is 496 g/mol. The molecule has 3 heterocycles. The molecule has 34 heavy (non-hydrogen) atoms. The zero-order valence-electron chi connectivity index (χ0n) is 18.4. The number of nitro benzene ring substituents is 1. The van der Waals surface area contributed by atoms with Crippen LogP contribution >= 0.6 is 23.1 Å². The maximum Gasteiger partial charge on any atom is 0.269 e. The molecular formula is C23H21N5O4S2. The van der Waals surface area contributed by atoms with Gasteiger partial charge in [-0.2, -0.15) is 0 Å². The molecule has 0 saturated carbocycles. The van der Waals surface area contributed by atoms with Crippen molar-refractivity contribution in [3.05, 3.63) is 73.7 Å². The number of nitrogens with zero attached hydrogens (tertiary/aromatic N) is 5. The lowest BCUT2D eigenvalue weighted by molar-refractivity contribution is -0.384. The van der Waals surface area contributed by atoms with Crippen LogP contribution in [-0.4, -0.2) is 24.7 Å². The lowest BCUT2D eigenvalue weighted by Crippen LogP contribution is -2.23. The molecule has 0 amide bonds. The van der Waals surface area contributed by atoms with E-state index < -0.39 is 4.92 Å². The van der Waals surface area contributed by atoms with Crippen LogP contribution in [0.3, 0.4) is 0 Å². The lowest BCUT2D eigenvalue weighted by Gasteiger charge is -2.13. The first kappa shape index (κ1) is 22.5. The molecule has 1 unspecified atom stereocenters. The molecule has 0 N–H and O–H groups in total. The average Bonchev–Trinajstić information content (AvgIpc) is 3.47. The molecule has 0 saturated heterocycles. The Balaban J connectivity index is 1.46. The Morgan fingerprint density at radius 3 is 2.79 bits per heavy atom. The van der Waals surface area contributed by atoms with Crippen LogP contribution in [0.5, 0.6) is 0 Å². The molecule has 1 aromatic carbocycles. The minimum Gasteiger partial charge on any atom is -0.419 e. The van der Waals surface area contributed by atoms with Crippen molar-refractivity contribution in [1.82, 2.24) is 19.7 Å². The number of hydrogen-bond donors (Lipinski definition) is 0. The molecule has 3 aromatic heterocycles. The molecule has 1 aliphatic carbocycles. The van der Waals surface area contributed by atoms with Gasteiger partial charge in [0.1, 0.15) is 4.83 Å². The van der Waals surface area contributed by atoms with Crippen LogP contribution in [0.2, 0.25) is 0 Å². The predicted molar refractivity (Wildman–Crippen MR) is 131 cm³/mol. The minimum absolute atomic E-state index is 0.00988. The third-order valence-electron chi connectivity index (χ3n) is 5.75. The van der Waals surface area contributed by atoms with Crippen molar-refractivity contribution in [1.29, 1.82) is 0 Å². The summed E-state index contributed by atoms with van der Waals surface area (Å²) in [5.74, 6) is 0.651. The summed E-state index contributed by atoms with van der Waals surface area (Å²) >= 11 is 3.00. The predicted octanol–water partition coefficient (Wildman–Crippen LogP) is 5.33. The summed E-state index contributed by atoms with van der Waals surface area (Å²) in [5.41, 5.74) is 1.71. The smallest absolute Gasteiger partial charge is 0.269 e. The van der Waals surface area contributed by atoms with E-state index in [-0.39, 0.29) is 22.4 Å². The van der Waals surface area contributed by atoms with E-state index in [1.54, 1.807) is 34.1 Å². The molecule has 9 nitrogen and oxygen atoms in total. The molecular weight excluding hydrogens is 474 g/mol. The van der Waals surface area contributed by atoms with Crippen molar-refractivity contribution in [2.75, 3.05) is 0 Å². The van der Waals surface area contributed by atoms with Crippen LogP contribution in [0.25, 0.3) is 21.7 Å². The SMILES string of the molecule is C=CCn1c(SC(C)c2nnc(-c3ccc([N+](=O)[O-])cc3)o2)nc2sc3c(c2c1=O)CCCC3. The first-order valence-corrected chi connectivity index (χ1v) is 12.6. The highest BCUT2D eigenvalue weighted by atomic mass is 32.2. The van der Waals surface area contributed by atoms with Crippen molar-refractivity contribution >= 4 is 39.0 Å². The third kappa shape index (κ3) is 4.05. The zero-order chi connectivity index (χ0) is 23.8. The molecule has 174 valence electrons. The van der Waals surface area contributed by atoms with E-state index in [1.165, 1.54) is 28.8 Å². The number of nitro groups is 1. The van der Waals surface area contributed by atoms with Gasteiger partial charge in [0.15, 0.2) is 5.16 Å². The number of aryl methyl sites for hydroxylation is 2. The summed E-state index contributed by atoms with van der Waals surface area (Å²) in [6, 6.07) is 5.93. The Labute approximate surface area is 202 Å². The second-order valence-corrected chi connectivity index (χ2v) is 10.4. The highest BCUT2D eigenvalue weighted by molar-refractivity contribution is 7.99. The minimum atomic E-state index is -0.460. The van der Waals surface area contributed by atoms with Gasteiger partial charge in [-0.3, -0.25) is 19.5 Å². The van der Waals surface area contributed by atoms with Gasteiger partial charge in [-0.05, 0) is 50.3 Å². The first-order valence-electron chi connectivity index (χ1n) is 10.9. The Kier molecular flexibility index (Phi) is 6.05. The molecule has 0 spiro atoms. The second kappa shape index (κ2) is 9.15. The maximum atomic E-state index is 13.4. The lowest BCUT2D eigenvalue weighted by atomic mass is 9.97. The van der Waals surface area contributed by atoms with Gasteiger partial charge in [0.2, 0.25) is 11.8 Å². The Bertz CT molecular complexity index is 1450. The Hall–Kier alpha value is -3.31. The van der Waals surface area contributed by atoms with Crippen LogP contribution in [0, 0.1) is 10.1 Å². The van der Waals surface area contributed by atoms with Gasteiger partial charge in [-0.15, -0.1) is 28.1 Å². The first-order chi connectivity index (χ1) is 16.5. The molecule has 11 heteroatoms. The Morgan fingerprint density at radius 2 is 2.06 bits per heavy atom. The molecule has 0 fully saturated rings. The summed E-state index contributed by atoms with van der Waals surface area (Å²) < 4.78 is 7.50. The molecule has 0 bridgehead atoms. The van der Waals surface area contributed by atoms with Crippen LogP contribution < -0.4 is 5.56 Å². The van der Waals surface area contributed by atoms with Gasteiger partial charge in [0.05, 0.1) is 15.6 Å². The molecule has 1 aliphatic rings. The summed E-state index contributed by atoms with van der Waals surface area (Å²) in [6.07, 6.45) is 5.87. The maximum absolute atomic E-state index is 13.4. The number of non-ortho nitro benzene ring substituents is 1. The van der Waals surface area contributed by atoms with Crippen molar-refractivity contribution < 1.29 is 9.34 Å². The van der Waals surface area contributed by atoms with Gasteiger partial charge in [-0.1, -0.05) is 17.8 Å². The molecule has 0 aliphatic heterocycles. The number of allylic oxidation sites excluding steroid dienone is 1. The van der Waals surface area contributed by atoms with Crippen LogP contribution in [0.4, 0.5) is 5.69 Å². The number of rotatable bonds is 7. The van der Waals surface area contributed by atoms with E-state index >= 15 is 0 Å². The standard InChI is InChI=1S/C23H21N5O4S2/c1-3-12-27-22(29)18-16-6-4-5-7-17(16)34-21(18)24-23(27)33-13(2)19-25-26-20(32-19)14-8-10-15(11-9-14)28(30)31/h3,8-11,13H,1,4-7,12H2,2H3. The quantitative estimate of drug-likeness (QED) is 0.111. The summed E-state index contributed by atoms with van der Waals surface area (Å²) in [7, 11) is 0.